The number of benzene rings is 2. The Balaban J connectivity index is 2.59. The molecule has 0 spiro atoms. The highest BCUT2D eigenvalue weighted by atomic mass is 19.1. The zero-order valence-electron chi connectivity index (χ0n) is 8.53. The fourth-order valence-corrected chi connectivity index (χ4v) is 1.99. The van der Waals surface area contributed by atoms with Crippen LogP contribution in [0.25, 0.3) is 21.8 Å². The summed E-state index contributed by atoms with van der Waals surface area (Å²) >= 11 is 0. The monoisotopic (exact) mass is 233 g/mol. The van der Waals surface area contributed by atoms with Gasteiger partial charge in [-0.05, 0) is 18.2 Å². The van der Waals surface area contributed by atoms with Crippen molar-refractivity contribution in [2.45, 2.75) is 0 Å². The van der Waals surface area contributed by atoms with E-state index in [1.165, 1.54) is 24.3 Å². The van der Waals surface area contributed by atoms with Gasteiger partial charge in [-0.3, -0.25) is 0 Å². The van der Waals surface area contributed by atoms with Crippen molar-refractivity contribution in [3.8, 4) is 17.2 Å². The molecule has 0 radical (unpaired) electrons. The summed E-state index contributed by atoms with van der Waals surface area (Å²) in [5.41, 5.74) is 1.04. The number of hydrogen-bond acceptors (Lipinski definition) is 3. The third-order valence-electron chi connectivity index (χ3n) is 2.77. The van der Waals surface area contributed by atoms with Gasteiger partial charge >= 0.3 is 0 Å². The van der Waals surface area contributed by atoms with Gasteiger partial charge in [0.15, 0.2) is 11.5 Å². The second-order valence-corrected chi connectivity index (χ2v) is 3.83. The number of aromatic nitrogens is 1. The Morgan fingerprint density at radius 1 is 0.941 bits per heavy atom. The van der Waals surface area contributed by atoms with Crippen LogP contribution in [0.1, 0.15) is 0 Å². The molecule has 3 aromatic rings. The van der Waals surface area contributed by atoms with Crippen molar-refractivity contribution in [1.82, 2.24) is 4.98 Å². The molecule has 3 rings (SSSR count). The van der Waals surface area contributed by atoms with Crippen molar-refractivity contribution in [1.29, 1.82) is 0 Å². The van der Waals surface area contributed by atoms with Crippen molar-refractivity contribution < 1.29 is 19.7 Å². The van der Waals surface area contributed by atoms with Gasteiger partial charge in [-0.1, -0.05) is 0 Å². The van der Waals surface area contributed by atoms with Gasteiger partial charge in [0.2, 0.25) is 5.75 Å². The lowest BCUT2D eigenvalue weighted by atomic mass is 10.1. The van der Waals surface area contributed by atoms with Gasteiger partial charge in [0, 0.05) is 17.0 Å². The summed E-state index contributed by atoms with van der Waals surface area (Å²) in [6.07, 6.45) is 0. The van der Waals surface area contributed by atoms with Crippen LogP contribution in [0.15, 0.2) is 24.3 Å². The van der Waals surface area contributed by atoms with E-state index in [4.69, 9.17) is 0 Å². The normalized spacial score (nSPS) is 11.4. The molecule has 17 heavy (non-hydrogen) atoms. The molecule has 86 valence electrons. The van der Waals surface area contributed by atoms with Crippen LogP contribution in [0.2, 0.25) is 0 Å². The lowest BCUT2D eigenvalue weighted by Crippen LogP contribution is -1.75. The van der Waals surface area contributed by atoms with E-state index < -0.39 is 23.1 Å². The van der Waals surface area contributed by atoms with Crippen molar-refractivity contribution in [2.24, 2.45) is 0 Å². The Hall–Kier alpha value is -2.43. The maximum Gasteiger partial charge on any atom is 0.201 e. The zero-order chi connectivity index (χ0) is 12.2. The van der Waals surface area contributed by atoms with Crippen molar-refractivity contribution in [3.05, 3.63) is 30.1 Å². The SMILES string of the molecule is Oc1cc2[nH]c3ccc(F)cc3c2c(O)c1O. The largest absolute Gasteiger partial charge is 0.504 e. The second-order valence-electron chi connectivity index (χ2n) is 3.83. The maximum atomic E-state index is 13.1. The number of phenolic OH excluding ortho intramolecular Hbond substituents is 3. The molecule has 0 bridgehead atoms. The molecule has 0 atom stereocenters. The van der Waals surface area contributed by atoms with Gasteiger partial charge in [0.25, 0.3) is 0 Å². The molecule has 0 aliphatic carbocycles. The molecule has 1 aromatic heterocycles. The van der Waals surface area contributed by atoms with Crippen LogP contribution in [-0.2, 0) is 0 Å². The van der Waals surface area contributed by atoms with E-state index in [2.05, 4.69) is 4.98 Å². The molecule has 0 amide bonds. The molecule has 1 heterocycles. The molecule has 4 N–H and O–H groups in total. The average molecular weight is 233 g/mol. The van der Waals surface area contributed by atoms with E-state index in [1.54, 1.807) is 0 Å². The van der Waals surface area contributed by atoms with Crippen molar-refractivity contribution in [2.75, 3.05) is 0 Å². The number of phenols is 3. The van der Waals surface area contributed by atoms with Gasteiger partial charge in [0.1, 0.15) is 5.82 Å². The molecule has 2 aromatic carbocycles. The summed E-state index contributed by atoms with van der Waals surface area (Å²) in [7, 11) is 0. The highest BCUT2D eigenvalue weighted by Crippen LogP contribution is 2.43. The third-order valence-corrected chi connectivity index (χ3v) is 2.77. The minimum atomic E-state index is -0.609. The summed E-state index contributed by atoms with van der Waals surface area (Å²) in [5, 5.41) is 29.3. The lowest BCUT2D eigenvalue weighted by molar-refractivity contribution is 0.371. The standard InChI is InChI=1S/C12H8FNO3/c13-5-1-2-7-6(3-5)10-8(14-7)4-9(15)11(16)12(10)17/h1-4,14-17H. The molecule has 0 aliphatic heterocycles. The van der Waals surface area contributed by atoms with E-state index in [0.717, 1.165) is 0 Å². The summed E-state index contributed by atoms with van der Waals surface area (Å²) in [6, 6.07) is 5.35. The Bertz CT molecular complexity index is 748. The van der Waals surface area contributed by atoms with E-state index in [-0.39, 0.29) is 5.39 Å². The minimum Gasteiger partial charge on any atom is -0.504 e. The van der Waals surface area contributed by atoms with Gasteiger partial charge < -0.3 is 20.3 Å². The van der Waals surface area contributed by atoms with Gasteiger partial charge in [0.05, 0.1) is 10.9 Å². The molecular weight excluding hydrogens is 225 g/mol. The molecule has 0 fully saturated rings. The molecular formula is C12H8FNO3. The third kappa shape index (κ3) is 1.22. The predicted molar refractivity (Wildman–Crippen MR) is 60.8 cm³/mol. The number of aromatic amines is 1. The van der Waals surface area contributed by atoms with Crippen molar-refractivity contribution >= 4 is 21.8 Å². The van der Waals surface area contributed by atoms with Crippen LogP contribution in [0.5, 0.6) is 17.2 Å². The topological polar surface area (TPSA) is 76.5 Å². The van der Waals surface area contributed by atoms with Gasteiger partial charge in [-0.2, -0.15) is 0 Å². The van der Waals surface area contributed by atoms with Gasteiger partial charge in [-0.25, -0.2) is 4.39 Å². The number of nitrogens with one attached hydrogen (secondary N) is 1. The number of H-pyrrole nitrogens is 1. The van der Waals surface area contributed by atoms with Gasteiger partial charge in [-0.15, -0.1) is 0 Å². The number of rotatable bonds is 0. The van der Waals surface area contributed by atoms with Crippen LogP contribution < -0.4 is 0 Å². The van der Waals surface area contributed by atoms with E-state index in [0.29, 0.717) is 16.4 Å². The average Bonchev–Trinajstić information content (AvgIpc) is 2.63. The molecule has 0 saturated carbocycles. The number of halogens is 1. The highest BCUT2D eigenvalue weighted by Gasteiger charge is 2.16. The van der Waals surface area contributed by atoms with Crippen LogP contribution >= 0.6 is 0 Å². The lowest BCUT2D eigenvalue weighted by Gasteiger charge is -2.02. The summed E-state index contributed by atoms with van der Waals surface area (Å²) in [6.45, 7) is 0. The van der Waals surface area contributed by atoms with Crippen LogP contribution in [0, 0.1) is 5.82 Å². The summed E-state index contributed by atoms with van der Waals surface area (Å²) in [4.78, 5) is 2.92. The number of fused-ring (bicyclic) bond motifs is 3. The molecule has 0 aliphatic rings. The smallest absolute Gasteiger partial charge is 0.201 e. The number of aromatic hydroxyl groups is 3. The predicted octanol–water partition coefficient (Wildman–Crippen LogP) is 2.58. The molecule has 0 unspecified atom stereocenters. The van der Waals surface area contributed by atoms with Crippen LogP contribution in [0.3, 0.4) is 0 Å². The zero-order valence-corrected chi connectivity index (χ0v) is 8.53. The fraction of sp³-hybridized carbons (Fsp3) is 0. The number of hydrogen-bond donors (Lipinski definition) is 4. The highest BCUT2D eigenvalue weighted by molar-refractivity contribution is 6.11. The second kappa shape index (κ2) is 3.04. The Labute approximate surface area is 94.6 Å². The first kappa shape index (κ1) is 9.77. The molecule has 4 nitrogen and oxygen atoms in total. The summed E-state index contributed by atoms with van der Waals surface area (Å²) in [5.74, 6) is -1.94. The van der Waals surface area contributed by atoms with E-state index >= 15 is 0 Å². The molecule has 0 saturated heterocycles. The Kier molecular flexibility index (Phi) is 1.75. The maximum absolute atomic E-state index is 13.1. The van der Waals surface area contributed by atoms with Crippen LogP contribution in [0.4, 0.5) is 4.39 Å². The Morgan fingerprint density at radius 3 is 2.47 bits per heavy atom. The first-order valence-electron chi connectivity index (χ1n) is 4.93. The van der Waals surface area contributed by atoms with E-state index in [9.17, 15) is 19.7 Å². The van der Waals surface area contributed by atoms with Crippen LogP contribution in [-0.4, -0.2) is 20.3 Å². The summed E-state index contributed by atoms with van der Waals surface area (Å²) < 4.78 is 13.1. The fourth-order valence-electron chi connectivity index (χ4n) is 1.99. The first-order chi connectivity index (χ1) is 8.08. The van der Waals surface area contributed by atoms with E-state index in [1.807, 2.05) is 0 Å². The molecule has 5 heteroatoms. The first-order valence-corrected chi connectivity index (χ1v) is 4.93. The Morgan fingerprint density at radius 2 is 1.71 bits per heavy atom. The quantitative estimate of drug-likeness (QED) is 0.451. The minimum absolute atomic E-state index is 0.287. The van der Waals surface area contributed by atoms with Crippen molar-refractivity contribution in [3.63, 3.8) is 0 Å².